The topological polar surface area (TPSA) is 83.6 Å². The second-order valence-electron chi connectivity index (χ2n) is 5.44. The summed E-state index contributed by atoms with van der Waals surface area (Å²) in [5, 5.41) is 15.4. The van der Waals surface area contributed by atoms with Gasteiger partial charge < -0.3 is 5.32 Å². The fourth-order valence-electron chi connectivity index (χ4n) is 2.61. The summed E-state index contributed by atoms with van der Waals surface area (Å²) in [6.07, 6.45) is -3.16. The summed E-state index contributed by atoms with van der Waals surface area (Å²) in [5.41, 5.74) is -0.627. The van der Waals surface area contributed by atoms with Gasteiger partial charge in [0.25, 0.3) is 5.91 Å². The maximum Gasteiger partial charge on any atom is 0.417 e. The highest BCUT2D eigenvalue weighted by atomic mass is 19.4. The van der Waals surface area contributed by atoms with Crippen molar-refractivity contribution >= 4 is 16.9 Å². The van der Waals surface area contributed by atoms with E-state index in [0.29, 0.717) is 5.39 Å². The Morgan fingerprint density at radius 1 is 1.35 bits per heavy atom. The number of amides is 1. The number of nitrogens with zero attached hydrogens (tertiary/aromatic N) is 4. The normalized spacial score (nSPS) is 11.3. The van der Waals surface area contributed by atoms with E-state index in [1.54, 1.807) is 13.1 Å². The molecule has 6 nitrogen and oxygen atoms in total. The summed E-state index contributed by atoms with van der Waals surface area (Å²) in [7, 11) is 1.58. The van der Waals surface area contributed by atoms with Crippen LogP contribution in [-0.2, 0) is 13.2 Å². The highest BCUT2D eigenvalue weighted by molar-refractivity contribution is 6.06. The lowest BCUT2D eigenvalue weighted by Gasteiger charge is -2.13. The Morgan fingerprint density at radius 2 is 2.08 bits per heavy atom. The summed E-state index contributed by atoms with van der Waals surface area (Å²) in [4.78, 5) is 16.6. The van der Waals surface area contributed by atoms with Gasteiger partial charge in [-0.05, 0) is 12.1 Å². The zero-order chi connectivity index (χ0) is 18.9. The molecule has 0 spiro atoms. The van der Waals surface area contributed by atoms with Gasteiger partial charge in [0.2, 0.25) is 0 Å². The van der Waals surface area contributed by atoms with Crippen molar-refractivity contribution in [1.82, 2.24) is 20.1 Å². The van der Waals surface area contributed by atoms with Gasteiger partial charge in [0.1, 0.15) is 6.54 Å². The van der Waals surface area contributed by atoms with Gasteiger partial charge in [-0.25, -0.2) is 4.98 Å². The number of aryl methyl sites for hydroxylation is 1. The molecule has 0 aliphatic rings. The third kappa shape index (κ3) is 3.09. The average Bonchev–Trinajstić information content (AvgIpc) is 2.99. The molecule has 9 heteroatoms. The standard InChI is InChI=1S/C17H12F3N5O/c1-25-15-12(9-23-25)11(16(26)22-7-6-21)8-14(24-15)10-4-2-3-5-13(10)17(18,19)20/h2-5,8-9H,7H2,1H3,(H,22,26). The number of benzene rings is 1. The van der Waals surface area contributed by atoms with Crippen LogP contribution >= 0.6 is 0 Å². The smallest absolute Gasteiger partial charge is 0.339 e. The van der Waals surface area contributed by atoms with Gasteiger partial charge in [-0.1, -0.05) is 18.2 Å². The molecule has 1 aromatic carbocycles. The van der Waals surface area contributed by atoms with E-state index in [4.69, 9.17) is 5.26 Å². The van der Waals surface area contributed by atoms with Crippen LogP contribution in [0.15, 0.2) is 36.5 Å². The first-order valence-electron chi connectivity index (χ1n) is 7.47. The molecule has 0 saturated heterocycles. The summed E-state index contributed by atoms with van der Waals surface area (Å²) in [5.74, 6) is -0.585. The molecule has 1 amide bonds. The lowest BCUT2D eigenvalue weighted by atomic mass is 10.0. The molecule has 1 N–H and O–H groups in total. The van der Waals surface area contributed by atoms with Crippen molar-refractivity contribution in [3.63, 3.8) is 0 Å². The van der Waals surface area contributed by atoms with E-state index in [1.807, 2.05) is 0 Å². The maximum absolute atomic E-state index is 13.3. The molecule has 26 heavy (non-hydrogen) atoms. The molecule has 2 heterocycles. The summed E-state index contributed by atoms with van der Waals surface area (Å²) in [6, 6.07) is 8.07. The lowest BCUT2D eigenvalue weighted by molar-refractivity contribution is -0.137. The van der Waals surface area contributed by atoms with Gasteiger partial charge >= 0.3 is 6.18 Å². The van der Waals surface area contributed by atoms with Crippen LogP contribution in [0, 0.1) is 11.3 Å². The summed E-state index contributed by atoms with van der Waals surface area (Å²) < 4.78 is 41.4. The fraction of sp³-hybridized carbons (Fsp3) is 0.176. The minimum atomic E-state index is -4.57. The zero-order valence-electron chi connectivity index (χ0n) is 13.5. The molecule has 2 aromatic heterocycles. The largest absolute Gasteiger partial charge is 0.417 e. The third-order valence-corrected chi connectivity index (χ3v) is 3.79. The van der Waals surface area contributed by atoms with Gasteiger partial charge in [0.05, 0.1) is 34.5 Å². The van der Waals surface area contributed by atoms with Gasteiger partial charge in [-0.2, -0.15) is 23.5 Å². The first-order chi connectivity index (χ1) is 12.3. The molecule has 0 aliphatic carbocycles. The van der Waals surface area contributed by atoms with E-state index >= 15 is 0 Å². The number of aromatic nitrogens is 3. The Kier molecular flexibility index (Phi) is 4.34. The highest BCUT2D eigenvalue weighted by Crippen LogP contribution is 2.37. The van der Waals surface area contributed by atoms with Crippen molar-refractivity contribution in [3.8, 4) is 17.3 Å². The number of alkyl halides is 3. The number of pyridine rings is 1. The number of hydrogen-bond acceptors (Lipinski definition) is 4. The molecule has 0 radical (unpaired) electrons. The Bertz CT molecular complexity index is 1030. The number of rotatable bonds is 3. The van der Waals surface area contributed by atoms with Crippen molar-refractivity contribution in [2.75, 3.05) is 6.54 Å². The molecule has 0 bridgehead atoms. The predicted octanol–water partition coefficient (Wildman–Crippen LogP) is 2.91. The van der Waals surface area contributed by atoms with Crippen molar-refractivity contribution in [3.05, 3.63) is 47.7 Å². The average molecular weight is 359 g/mol. The van der Waals surface area contributed by atoms with Gasteiger partial charge in [-0.3, -0.25) is 9.48 Å². The number of hydrogen-bond donors (Lipinski definition) is 1. The van der Waals surface area contributed by atoms with Crippen LogP contribution in [0.2, 0.25) is 0 Å². The zero-order valence-corrected chi connectivity index (χ0v) is 13.5. The summed E-state index contributed by atoms with van der Waals surface area (Å²) in [6.45, 7) is -0.225. The van der Waals surface area contributed by atoms with Crippen LogP contribution in [0.1, 0.15) is 15.9 Å². The van der Waals surface area contributed by atoms with E-state index in [-0.39, 0.29) is 29.0 Å². The molecular weight excluding hydrogens is 347 g/mol. The number of nitrogens with one attached hydrogen (secondary N) is 1. The predicted molar refractivity (Wildman–Crippen MR) is 86.9 cm³/mol. The Hall–Kier alpha value is -3.41. The second-order valence-corrected chi connectivity index (χ2v) is 5.44. The van der Waals surface area contributed by atoms with Gasteiger partial charge in [0.15, 0.2) is 5.65 Å². The number of halogens is 3. The highest BCUT2D eigenvalue weighted by Gasteiger charge is 2.34. The van der Waals surface area contributed by atoms with Gasteiger partial charge in [0, 0.05) is 12.6 Å². The first kappa shape index (κ1) is 17.4. The van der Waals surface area contributed by atoms with Crippen LogP contribution in [0.4, 0.5) is 13.2 Å². The van der Waals surface area contributed by atoms with E-state index in [1.165, 1.54) is 35.1 Å². The molecular formula is C17H12F3N5O. The van der Waals surface area contributed by atoms with E-state index < -0.39 is 17.6 Å². The first-order valence-corrected chi connectivity index (χ1v) is 7.47. The molecule has 0 aliphatic heterocycles. The second kappa shape index (κ2) is 6.48. The quantitative estimate of drug-likeness (QED) is 0.729. The molecule has 3 rings (SSSR count). The maximum atomic E-state index is 13.3. The Morgan fingerprint density at radius 3 is 2.77 bits per heavy atom. The molecule has 0 unspecified atom stereocenters. The third-order valence-electron chi connectivity index (χ3n) is 3.79. The monoisotopic (exact) mass is 359 g/mol. The lowest BCUT2D eigenvalue weighted by Crippen LogP contribution is -2.24. The van der Waals surface area contributed by atoms with E-state index in [2.05, 4.69) is 15.4 Å². The van der Waals surface area contributed by atoms with Crippen LogP contribution in [0.3, 0.4) is 0 Å². The Balaban J connectivity index is 2.25. The SMILES string of the molecule is Cn1ncc2c(C(=O)NCC#N)cc(-c3ccccc3C(F)(F)F)nc21. The molecule has 0 atom stereocenters. The van der Waals surface area contributed by atoms with Crippen molar-refractivity contribution in [2.45, 2.75) is 6.18 Å². The van der Waals surface area contributed by atoms with E-state index in [9.17, 15) is 18.0 Å². The minimum Gasteiger partial charge on any atom is -0.339 e. The number of carbonyl (C=O) groups excluding carboxylic acids is 1. The van der Waals surface area contributed by atoms with Crippen molar-refractivity contribution in [1.29, 1.82) is 5.26 Å². The molecule has 0 saturated carbocycles. The van der Waals surface area contributed by atoms with Crippen LogP contribution in [-0.4, -0.2) is 27.2 Å². The van der Waals surface area contributed by atoms with Crippen molar-refractivity contribution in [2.24, 2.45) is 7.05 Å². The number of fused-ring (bicyclic) bond motifs is 1. The van der Waals surface area contributed by atoms with E-state index in [0.717, 1.165) is 6.07 Å². The van der Waals surface area contributed by atoms with Crippen LogP contribution < -0.4 is 5.32 Å². The Labute approximate surface area is 145 Å². The fourth-order valence-corrected chi connectivity index (χ4v) is 2.61. The minimum absolute atomic E-state index is 0.00358. The summed E-state index contributed by atoms with van der Waals surface area (Å²) >= 11 is 0. The van der Waals surface area contributed by atoms with Crippen LogP contribution in [0.5, 0.6) is 0 Å². The number of nitriles is 1. The molecule has 132 valence electrons. The molecule has 3 aromatic rings. The van der Waals surface area contributed by atoms with Gasteiger partial charge in [-0.15, -0.1) is 0 Å². The number of carbonyl (C=O) groups is 1. The van der Waals surface area contributed by atoms with Crippen LogP contribution in [0.25, 0.3) is 22.3 Å². The molecule has 0 fully saturated rings. The van der Waals surface area contributed by atoms with Crippen molar-refractivity contribution < 1.29 is 18.0 Å².